The average molecular weight is 365 g/mol. The molecule has 8 heteroatoms. The summed E-state index contributed by atoms with van der Waals surface area (Å²) in [5.74, 6) is -0.361. The highest BCUT2D eigenvalue weighted by Gasteiger charge is 2.26. The lowest BCUT2D eigenvalue weighted by molar-refractivity contribution is 0.102. The molecule has 1 saturated heterocycles. The molecule has 128 valence electrons. The fourth-order valence-corrected chi connectivity index (χ4v) is 4.88. The number of hydrogen-bond acceptors (Lipinski definition) is 5. The van der Waals surface area contributed by atoms with E-state index >= 15 is 0 Å². The zero-order valence-electron chi connectivity index (χ0n) is 13.4. The van der Waals surface area contributed by atoms with Crippen molar-refractivity contribution in [2.45, 2.75) is 31.1 Å². The van der Waals surface area contributed by atoms with E-state index in [1.165, 1.54) is 27.8 Å². The lowest BCUT2D eigenvalue weighted by Gasteiger charge is -2.26. The van der Waals surface area contributed by atoms with Crippen LogP contribution in [0.5, 0.6) is 0 Å². The molecule has 1 aliphatic rings. The molecule has 1 N–H and O–H groups in total. The molecule has 0 spiro atoms. The molecule has 2 heterocycles. The Labute approximate surface area is 145 Å². The minimum absolute atomic E-state index is 0.160. The Hall–Kier alpha value is -1.77. The zero-order valence-corrected chi connectivity index (χ0v) is 15.0. The standard InChI is InChI=1S/C16H19N3O3S2/c1-12-11-23-16(17-12)18-15(20)13-6-5-7-14(10-13)24(21,22)19-8-3-2-4-9-19/h5-7,10-11H,2-4,8-9H2,1H3,(H,17,18,20). The SMILES string of the molecule is Cc1csc(NC(=O)c2cccc(S(=O)(=O)N3CCCCC3)c2)n1. The number of carbonyl (C=O) groups is 1. The third-order valence-corrected chi connectivity index (χ3v) is 6.66. The van der Waals surface area contributed by atoms with Gasteiger partial charge in [0.1, 0.15) is 0 Å². The van der Waals surface area contributed by atoms with Gasteiger partial charge in [0.25, 0.3) is 5.91 Å². The van der Waals surface area contributed by atoms with Gasteiger partial charge in [0.15, 0.2) is 5.13 Å². The summed E-state index contributed by atoms with van der Waals surface area (Å²) >= 11 is 1.34. The number of thiazole rings is 1. The summed E-state index contributed by atoms with van der Waals surface area (Å²) in [6.45, 7) is 2.92. The van der Waals surface area contributed by atoms with Gasteiger partial charge in [-0.05, 0) is 38.0 Å². The summed E-state index contributed by atoms with van der Waals surface area (Å²) in [5, 5.41) is 5.04. The molecule has 1 aromatic heterocycles. The Bertz CT molecular complexity index is 840. The van der Waals surface area contributed by atoms with Crippen LogP contribution in [0.4, 0.5) is 5.13 Å². The molecule has 0 saturated carbocycles. The van der Waals surface area contributed by atoms with Crippen molar-refractivity contribution in [1.82, 2.24) is 9.29 Å². The lowest BCUT2D eigenvalue weighted by atomic mass is 10.2. The molecule has 0 bridgehead atoms. The molecule has 0 unspecified atom stereocenters. The molecule has 2 aromatic rings. The maximum Gasteiger partial charge on any atom is 0.257 e. The number of nitrogens with zero attached hydrogens (tertiary/aromatic N) is 2. The normalized spacial score (nSPS) is 16.0. The van der Waals surface area contributed by atoms with Gasteiger partial charge in [-0.15, -0.1) is 11.3 Å². The van der Waals surface area contributed by atoms with E-state index in [4.69, 9.17) is 0 Å². The van der Waals surface area contributed by atoms with Crippen molar-refractivity contribution in [3.05, 3.63) is 40.9 Å². The van der Waals surface area contributed by atoms with Crippen molar-refractivity contribution < 1.29 is 13.2 Å². The summed E-state index contributed by atoms with van der Waals surface area (Å²) in [6, 6.07) is 6.16. The Morgan fingerprint density at radius 1 is 1.25 bits per heavy atom. The Balaban J connectivity index is 1.81. The highest BCUT2D eigenvalue weighted by Crippen LogP contribution is 2.22. The average Bonchev–Trinajstić information content (AvgIpc) is 3.00. The van der Waals surface area contributed by atoms with Crippen LogP contribution >= 0.6 is 11.3 Å². The van der Waals surface area contributed by atoms with Gasteiger partial charge < -0.3 is 0 Å². The zero-order chi connectivity index (χ0) is 17.2. The molecular weight excluding hydrogens is 346 g/mol. The molecule has 0 atom stereocenters. The quantitative estimate of drug-likeness (QED) is 0.903. The van der Waals surface area contributed by atoms with E-state index in [0.717, 1.165) is 25.0 Å². The van der Waals surface area contributed by atoms with Gasteiger partial charge >= 0.3 is 0 Å². The summed E-state index contributed by atoms with van der Waals surface area (Å²) in [7, 11) is -3.55. The predicted molar refractivity (Wildman–Crippen MR) is 93.9 cm³/mol. The number of rotatable bonds is 4. The fourth-order valence-electron chi connectivity index (χ4n) is 2.63. The minimum Gasteiger partial charge on any atom is -0.298 e. The lowest BCUT2D eigenvalue weighted by Crippen LogP contribution is -2.35. The minimum atomic E-state index is -3.55. The third kappa shape index (κ3) is 3.66. The van der Waals surface area contributed by atoms with Gasteiger partial charge in [-0.25, -0.2) is 13.4 Å². The molecule has 24 heavy (non-hydrogen) atoms. The van der Waals surface area contributed by atoms with Crippen LogP contribution in [-0.4, -0.2) is 36.7 Å². The predicted octanol–water partition coefficient (Wildman–Crippen LogP) is 2.88. The number of anilines is 1. The number of aromatic nitrogens is 1. The Morgan fingerprint density at radius 3 is 2.67 bits per heavy atom. The molecular formula is C16H19N3O3S2. The van der Waals surface area contributed by atoms with Crippen molar-refractivity contribution in [3.63, 3.8) is 0 Å². The number of sulfonamides is 1. The molecule has 0 radical (unpaired) electrons. The topological polar surface area (TPSA) is 79.4 Å². The van der Waals surface area contributed by atoms with E-state index in [0.29, 0.717) is 23.8 Å². The summed E-state index contributed by atoms with van der Waals surface area (Å²) < 4.78 is 26.9. The molecule has 1 aliphatic heterocycles. The first-order valence-electron chi connectivity index (χ1n) is 7.80. The molecule has 1 aromatic carbocycles. The molecule has 1 amide bonds. The molecule has 6 nitrogen and oxygen atoms in total. The number of benzene rings is 1. The van der Waals surface area contributed by atoms with Crippen LogP contribution in [0.25, 0.3) is 0 Å². The van der Waals surface area contributed by atoms with Crippen LogP contribution in [0.15, 0.2) is 34.5 Å². The third-order valence-electron chi connectivity index (χ3n) is 3.89. The second kappa shape index (κ2) is 7.00. The van der Waals surface area contributed by atoms with E-state index in [1.807, 2.05) is 12.3 Å². The Morgan fingerprint density at radius 2 is 2.00 bits per heavy atom. The number of nitrogens with one attached hydrogen (secondary N) is 1. The largest absolute Gasteiger partial charge is 0.298 e. The van der Waals surface area contributed by atoms with Gasteiger partial charge in [0.05, 0.1) is 10.6 Å². The van der Waals surface area contributed by atoms with E-state index in [2.05, 4.69) is 10.3 Å². The highest BCUT2D eigenvalue weighted by molar-refractivity contribution is 7.89. The van der Waals surface area contributed by atoms with Crippen molar-refractivity contribution >= 4 is 32.4 Å². The number of carbonyl (C=O) groups excluding carboxylic acids is 1. The van der Waals surface area contributed by atoms with Crippen LogP contribution in [-0.2, 0) is 10.0 Å². The van der Waals surface area contributed by atoms with E-state index in [1.54, 1.807) is 12.1 Å². The summed E-state index contributed by atoms with van der Waals surface area (Å²) in [6.07, 6.45) is 2.81. The smallest absolute Gasteiger partial charge is 0.257 e. The maximum absolute atomic E-state index is 12.7. The van der Waals surface area contributed by atoms with Gasteiger partial charge in [0, 0.05) is 24.0 Å². The van der Waals surface area contributed by atoms with Gasteiger partial charge in [-0.2, -0.15) is 4.31 Å². The first-order valence-corrected chi connectivity index (χ1v) is 10.1. The number of amides is 1. The monoisotopic (exact) mass is 365 g/mol. The summed E-state index contributed by atoms with van der Waals surface area (Å²) in [4.78, 5) is 16.7. The molecule has 1 fully saturated rings. The van der Waals surface area contributed by atoms with Gasteiger partial charge in [-0.3, -0.25) is 10.1 Å². The van der Waals surface area contributed by atoms with Crippen molar-refractivity contribution in [1.29, 1.82) is 0 Å². The van der Waals surface area contributed by atoms with E-state index < -0.39 is 10.0 Å². The van der Waals surface area contributed by atoms with Gasteiger partial charge in [-0.1, -0.05) is 12.5 Å². The van der Waals surface area contributed by atoms with Crippen LogP contribution in [0.3, 0.4) is 0 Å². The van der Waals surface area contributed by atoms with Crippen molar-refractivity contribution in [2.24, 2.45) is 0 Å². The van der Waals surface area contributed by atoms with E-state index in [-0.39, 0.29) is 10.8 Å². The summed E-state index contributed by atoms with van der Waals surface area (Å²) in [5.41, 5.74) is 1.14. The molecule has 3 rings (SSSR count). The Kier molecular flexibility index (Phi) is 4.98. The maximum atomic E-state index is 12.7. The van der Waals surface area contributed by atoms with Crippen molar-refractivity contribution in [3.8, 4) is 0 Å². The van der Waals surface area contributed by atoms with Crippen LogP contribution in [0.1, 0.15) is 35.3 Å². The van der Waals surface area contributed by atoms with Crippen LogP contribution < -0.4 is 5.32 Å². The first-order chi connectivity index (χ1) is 11.5. The number of hydrogen-bond donors (Lipinski definition) is 1. The first kappa shape index (κ1) is 17.1. The number of aryl methyl sites for hydroxylation is 1. The van der Waals surface area contributed by atoms with E-state index in [9.17, 15) is 13.2 Å². The van der Waals surface area contributed by atoms with Crippen LogP contribution in [0.2, 0.25) is 0 Å². The van der Waals surface area contributed by atoms with Crippen LogP contribution in [0, 0.1) is 6.92 Å². The molecule has 0 aliphatic carbocycles. The second-order valence-electron chi connectivity index (χ2n) is 5.74. The highest BCUT2D eigenvalue weighted by atomic mass is 32.2. The second-order valence-corrected chi connectivity index (χ2v) is 8.54. The van der Waals surface area contributed by atoms with Gasteiger partial charge in [0.2, 0.25) is 10.0 Å². The number of piperidine rings is 1. The van der Waals surface area contributed by atoms with Crippen molar-refractivity contribution in [2.75, 3.05) is 18.4 Å². The fraction of sp³-hybridized carbons (Fsp3) is 0.375.